The zero-order valence-electron chi connectivity index (χ0n) is 14.2. The van der Waals surface area contributed by atoms with Crippen molar-refractivity contribution in [2.24, 2.45) is 0 Å². The van der Waals surface area contributed by atoms with E-state index in [2.05, 4.69) is 17.4 Å². The van der Waals surface area contributed by atoms with Gasteiger partial charge in [-0.05, 0) is 30.5 Å². The Morgan fingerprint density at radius 3 is 2.44 bits per heavy atom. The Labute approximate surface area is 147 Å². The number of amides is 2. The minimum Gasteiger partial charge on any atom is -0.355 e. The highest BCUT2D eigenvalue weighted by Crippen LogP contribution is 2.19. The van der Waals surface area contributed by atoms with E-state index < -0.39 is 0 Å². The number of carbonyl (C=O) groups excluding carboxylic acids is 2. The van der Waals surface area contributed by atoms with Gasteiger partial charge < -0.3 is 10.2 Å². The maximum atomic E-state index is 12.2. The molecule has 5 heteroatoms. The molecule has 0 saturated carbocycles. The van der Waals surface area contributed by atoms with Crippen molar-refractivity contribution in [1.29, 1.82) is 5.26 Å². The van der Waals surface area contributed by atoms with Gasteiger partial charge in [-0.2, -0.15) is 5.26 Å². The molecule has 0 atom stereocenters. The molecule has 2 amide bonds. The van der Waals surface area contributed by atoms with Crippen LogP contribution >= 0.6 is 0 Å². The van der Waals surface area contributed by atoms with E-state index in [-0.39, 0.29) is 18.4 Å². The first-order valence-corrected chi connectivity index (χ1v) is 8.19. The molecule has 0 aliphatic carbocycles. The highest BCUT2D eigenvalue weighted by Gasteiger charge is 2.18. The van der Waals surface area contributed by atoms with Crippen LogP contribution in [0.5, 0.6) is 0 Å². The summed E-state index contributed by atoms with van der Waals surface area (Å²) in [4.78, 5) is 25.4. The van der Waals surface area contributed by atoms with E-state index in [0.29, 0.717) is 17.8 Å². The molecule has 2 aromatic carbocycles. The van der Waals surface area contributed by atoms with Crippen molar-refractivity contribution in [2.45, 2.75) is 19.8 Å². The average molecular weight is 335 g/mol. The van der Waals surface area contributed by atoms with Crippen LogP contribution in [0.25, 0.3) is 0 Å². The fourth-order valence-electron chi connectivity index (χ4n) is 2.53. The fourth-order valence-corrected chi connectivity index (χ4v) is 2.53. The van der Waals surface area contributed by atoms with Gasteiger partial charge in [-0.3, -0.25) is 9.59 Å². The molecule has 0 spiro atoms. The van der Waals surface area contributed by atoms with Gasteiger partial charge in [0.1, 0.15) is 12.6 Å². The van der Waals surface area contributed by atoms with Crippen LogP contribution in [0.15, 0.2) is 54.6 Å². The number of anilines is 1. The number of rotatable bonds is 7. The molecule has 0 radical (unpaired) electrons. The number of benzene rings is 2. The summed E-state index contributed by atoms with van der Waals surface area (Å²) in [5.74, 6) is -0.516. The summed E-state index contributed by atoms with van der Waals surface area (Å²) in [6, 6.07) is 18.9. The predicted octanol–water partition coefficient (Wildman–Crippen LogP) is 2.66. The predicted molar refractivity (Wildman–Crippen MR) is 97.0 cm³/mol. The second-order valence-corrected chi connectivity index (χ2v) is 5.67. The van der Waals surface area contributed by atoms with E-state index in [0.717, 1.165) is 12.8 Å². The van der Waals surface area contributed by atoms with Gasteiger partial charge in [0.15, 0.2) is 0 Å². The lowest BCUT2D eigenvalue weighted by Crippen LogP contribution is -2.40. The normalized spacial score (nSPS) is 9.92. The second kappa shape index (κ2) is 9.24. The number of aryl methyl sites for hydroxylation is 1. The summed E-state index contributed by atoms with van der Waals surface area (Å²) in [5.41, 5.74) is 2.05. The van der Waals surface area contributed by atoms with E-state index in [1.807, 2.05) is 24.3 Å². The van der Waals surface area contributed by atoms with Crippen molar-refractivity contribution < 1.29 is 9.59 Å². The second-order valence-electron chi connectivity index (χ2n) is 5.67. The molecule has 2 aromatic rings. The first-order chi connectivity index (χ1) is 12.1. The van der Waals surface area contributed by atoms with Crippen LogP contribution in [0.4, 0.5) is 5.69 Å². The van der Waals surface area contributed by atoms with Crippen molar-refractivity contribution in [3.8, 4) is 6.07 Å². The molecule has 0 unspecified atom stereocenters. The molecule has 128 valence electrons. The first kappa shape index (κ1) is 18.2. The van der Waals surface area contributed by atoms with Crippen molar-refractivity contribution in [2.75, 3.05) is 18.0 Å². The standard InChI is InChI=1S/C20H21N3O2/c1-16(24)23(19-12-6-5-11-18(19)14-21)15-20(25)22-13-7-10-17-8-3-2-4-9-17/h2-6,8-9,11-12H,7,10,13,15H2,1H3,(H,22,25). The van der Waals surface area contributed by atoms with Crippen molar-refractivity contribution in [3.05, 3.63) is 65.7 Å². The summed E-state index contributed by atoms with van der Waals surface area (Å²) in [6.07, 6.45) is 1.71. The van der Waals surface area contributed by atoms with Crippen molar-refractivity contribution in [1.82, 2.24) is 5.32 Å². The molecule has 0 fully saturated rings. The number of nitrogens with one attached hydrogen (secondary N) is 1. The van der Waals surface area contributed by atoms with Gasteiger partial charge in [0.05, 0.1) is 11.3 Å². The Hall–Kier alpha value is -3.13. The summed E-state index contributed by atoms with van der Waals surface area (Å²) in [6.45, 7) is 1.83. The molecule has 0 aliphatic heterocycles. The highest BCUT2D eigenvalue weighted by atomic mass is 16.2. The van der Waals surface area contributed by atoms with E-state index >= 15 is 0 Å². The monoisotopic (exact) mass is 335 g/mol. The zero-order valence-corrected chi connectivity index (χ0v) is 14.2. The Morgan fingerprint density at radius 1 is 1.08 bits per heavy atom. The SMILES string of the molecule is CC(=O)N(CC(=O)NCCCc1ccccc1)c1ccccc1C#N. The number of carbonyl (C=O) groups is 2. The van der Waals surface area contributed by atoms with E-state index in [9.17, 15) is 14.9 Å². The molecule has 0 aromatic heterocycles. The van der Waals surface area contributed by atoms with Gasteiger partial charge in [0, 0.05) is 13.5 Å². The lowest BCUT2D eigenvalue weighted by atomic mass is 10.1. The minimum absolute atomic E-state index is 0.0979. The smallest absolute Gasteiger partial charge is 0.240 e. The maximum Gasteiger partial charge on any atom is 0.240 e. The number of nitriles is 1. The Bertz CT molecular complexity index is 766. The van der Waals surface area contributed by atoms with E-state index in [1.54, 1.807) is 24.3 Å². The average Bonchev–Trinajstić information content (AvgIpc) is 2.64. The summed E-state index contributed by atoms with van der Waals surface area (Å²) >= 11 is 0. The third-order valence-corrected chi connectivity index (χ3v) is 3.80. The molecule has 0 saturated heterocycles. The molecule has 1 N–H and O–H groups in total. The molecular weight excluding hydrogens is 314 g/mol. The van der Waals surface area contributed by atoms with Gasteiger partial charge in [0.25, 0.3) is 0 Å². The summed E-state index contributed by atoms with van der Waals surface area (Å²) in [7, 11) is 0. The first-order valence-electron chi connectivity index (χ1n) is 8.19. The van der Waals surface area contributed by atoms with Gasteiger partial charge in [0.2, 0.25) is 11.8 Å². The molecule has 2 rings (SSSR count). The molecule has 0 heterocycles. The van der Waals surface area contributed by atoms with Gasteiger partial charge in [-0.15, -0.1) is 0 Å². The highest BCUT2D eigenvalue weighted by molar-refractivity contribution is 5.98. The maximum absolute atomic E-state index is 12.2. The quantitative estimate of drug-likeness (QED) is 0.791. The fraction of sp³-hybridized carbons (Fsp3) is 0.250. The van der Waals surface area contributed by atoms with Crippen LogP contribution < -0.4 is 10.2 Å². The van der Waals surface area contributed by atoms with Crippen LogP contribution in [-0.2, 0) is 16.0 Å². The number of hydrogen-bond acceptors (Lipinski definition) is 3. The largest absolute Gasteiger partial charge is 0.355 e. The Morgan fingerprint density at radius 2 is 1.76 bits per heavy atom. The third-order valence-electron chi connectivity index (χ3n) is 3.80. The van der Waals surface area contributed by atoms with Crippen LogP contribution in [0.2, 0.25) is 0 Å². The Kier molecular flexibility index (Phi) is 6.73. The number of nitrogens with zero attached hydrogens (tertiary/aromatic N) is 2. The van der Waals surface area contributed by atoms with Crippen LogP contribution in [0.3, 0.4) is 0 Å². The van der Waals surface area contributed by atoms with Crippen LogP contribution in [0, 0.1) is 11.3 Å². The molecular formula is C20H21N3O2. The third kappa shape index (κ3) is 5.47. The topological polar surface area (TPSA) is 73.2 Å². The van der Waals surface area contributed by atoms with Gasteiger partial charge in [-0.1, -0.05) is 42.5 Å². The van der Waals surface area contributed by atoms with Crippen LogP contribution in [0.1, 0.15) is 24.5 Å². The summed E-state index contributed by atoms with van der Waals surface area (Å²) < 4.78 is 0. The molecule has 0 bridgehead atoms. The minimum atomic E-state index is -0.276. The molecule has 25 heavy (non-hydrogen) atoms. The lowest BCUT2D eigenvalue weighted by Gasteiger charge is -2.21. The van der Waals surface area contributed by atoms with Crippen LogP contribution in [-0.4, -0.2) is 24.9 Å². The lowest BCUT2D eigenvalue weighted by molar-refractivity contribution is -0.123. The zero-order chi connectivity index (χ0) is 18.1. The molecule has 5 nitrogen and oxygen atoms in total. The number of hydrogen-bond donors (Lipinski definition) is 1. The molecule has 0 aliphatic rings. The van der Waals surface area contributed by atoms with E-state index in [4.69, 9.17) is 0 Å². The number of para-hydroxylation sites is 1. The van der Waals surface area contributed by atoms with Crippen molar-refractivity contribution >= 4 is 17.5 Å². The van der Waals surface area contributed by atoms with Gasteiger partial charge in [-0.25, -0.2) is 0 Å². The van der Waals surface area contributed by atoms with Crippen molar-refractivity contribution in [3.63, 3.8) is 0 Å². The van der Waals surface area contributed by atoms with E-state index in [1.165, 1.54) is 17.4 Å². The Balaban J connectivity index is 1.88. The summed E-state index contributed by atoms with van der Waals surface area (Å²) in [5, 5.41) is 12.0. The van der Waals surface area contributed by atoms with Gasteiger partial charge >= 0.3 is 0 Å².